The molecule has 0 saturated carbocycles. The Bertz CT molecular complexity index is 425. The van der Waals surface area contributed by atoms with Crippen LogP contribution in [-0.4, -0.2) is 32.4 Å². The maximum atomic E-state index is 10.9. The van der Waals surface area contributed by atoms with E-state index in [1.165, 1.54) is 0 Å². The second-order valence-corrected chi connectivity index (χ2v) is 5.26. The van der Waals surface area contributed by atoms with Gasteiger partial charge in [-0.2, -0.15) is 0 Å². The molecule has 4 heteroatoms. The minimum Gasteiger partial charge on any atom is -0.497 e. The van der Waals surface area contributed by atoms with Crippen LogP contribution in [0.4, 0.5) is 0 Å². The minimum atomic E-state index is -0.898. The summed E-state index contributed by atoms with van der Waals surface area (Å²) in [6.45, 7) is 3.74. The number of aliphatic hydroxyl groups is 1. The van der Waals surface area contributed by atoms with Crippen LogP contribution in [0.3, 0.4) is 0 Å². The molecule has 2 unspecified atom stereocenters. The van der Waals surface area contributed by atoms with Crippen LogP contribution < -0.4 is 14.8 Å². The van der Waals surface area contributed by atoms with E-state index in [-0.39, 0.29) is 5.92 Å². The van der Waals surface area contributed by atoms with E-state index in [0.29, 0.717) is 5.75 Å². The molecule has 0 aliphatic carbocycles. The first-order valence-electron chi connectivity index (χ1n) is 6.75. The lowest BCUT2D eigenvalue weighted by Crippen LogP contribution is -2.42. The van der Waals surface area contributed by atoms with Gasteiger partial charge in [0.15, 0.2) is 0 Å². The fourth-order valence-electron chi connectivity index (χ4n) is 2.77. The monoisotopic (exact) mass is 265 g/mol. The molecule has 0 spiro atoms. The zero-order valence-corrected chi connectivity index (χ0v) is 11.9. The highest BCUT2D eigenvalue weighted by molar-refractivity contribution is 5.44. The predicted molar refractivity (Wildman–Crippen MR) is 74.7 cm³/mol. The summed E-state index contributed by atoms with van der Waals surface area (Å²) in [6, 6.07) is 5.58. The number of methoxy groups -OCH3 is 2. The van der Waals surface area contributed by atoms with E-state index in [0.717, 1.165) is 37.2 Å². The lowest BCUT2D eigenvalue weighted by Gasteiger charge is -2.37. The summed E-state index contributed by atoms with van der Waals surface area (Å²) in [7, 11) is 3.24. The molecule has 0 radical (unpaired) electrons. The van der Waals surface area contributed by atoms with Crippen molar-refractivity contribution < 1.29 is 14.6 Å². The number of piperidine rings is 1. The average molecular weight is 265 g/mol. The maximum absolute atomic E-state index is 10.9. The summed E-state index contributed by atoms with van der Waals surface area (Å²) in [4.78, 5) is 0. The Kier molecular flexibility index (Phi) is 4.32. The predicted octanol–water partition coefficient (Wildman–Crippen LogP) is 1.91. The number of nitrogens with one attached hydrogen (secondary N) is 1. The van der Waals surface area contributed by atoms with Crippen LogP contribution in [0.25, 0.3) is 0 Å². The smallest absolute Gasteiger partial charge is 0.128 e. The maximum Gasteiger partial charge on any atom is 0.128 e. The van der Waals surface area contributed by atoms with Crippen LogP contribution in [0.5, 0.6) is 11.5 Å². The van der Waals surface area contributed by atoms with Gasteiger partial charge in [0.2, 0.25) is 0 Å². The van der Waals surface area contributed by atoms with Crippen LogP contribution in [0.2, 0.25) is 0 Å². The van der Waals surface area contributed by atoms with Crippen molar-refractivity contribution in [3.8, 4) is 11.5 Å². The first-order chi connectivity index (χ1) is 9.09. The van der Waals surface area contributed by atoms with Gasteiger partial charge in [-0.1, -0.05) is 0 Å². The van der Waals surface area contributed by atoms with Crippen molar-refractivity contribution in [2.24, 2.45) is 5.92 Å². The van der Waals surface area contributed by atoms with Gasteiger partial charge in [-0.25, -0.2) is 0 Å². The van der Waals surface area contributed by atoms with Crippen LogP contribution in [-0.2, 0) is 5.60 Å². The van der Waals surface area contributed by atoms with Crippen LogP contribution in [0, 0.1) is 5.92 Å². The van der Waals surface area contributed by atoms with Gasteiger partial charge in [0.05, 0.1) is 19.8 Å². The molecule has 106 valence electrons. The third-order valence-corrected chi connectivity index (χ3v) is 4.05. The topological polar surface area (TPSA) is 50.7 Å². The largest absolute Gasteiger partial charge is 0.497 e. The Hall–Kier alpha value is -1.26. The molecule has 0 amide bonds. The van der Waals surface area contributed by atoms with E-state index in [9.17, 15) is 5.11 Å². The summed E-state index contributed by atoms with van der Waals surface area (Å²) in [5.74, 6) is 1.61. The molecule has 1 heterocycles. The molecule has 4 nitrogen and oxygen atoms in total. The zero-order chi connectivity index (χ0) is 13.9. The molecular weight excluding hydrogens is 242 g/mol. The van der Waals surface area contributed by atoms with E-state index in [1.807, 2.05) is 25.1 Å². The summed E-state index contributed by atoms with van der Waals surface area (Å²) in [6.07, 6.45) is 2.12. The quantitative estimate of drug-likeness (QED) is 0.873. The number of hydrogen-bond acceptors (Lipinski definition) is 4. The van der Waals surface area contributed by atoms with Gasteiger partial charge in [-0.3, -0.25) is 0 Å². The highest BCUT2D eigenvalue weighted by atomic mass is 16.5. The zero-order valence-electron chi connectivity index (χ0n) is 11.9. The number of ether oxygens (including phenoxy) is 2. The fraction of sp³-hybridized carbons (Fsp3) is 0.600. The molecule has 1 saturated heterocycles. The summed E-state index contributed by atoms with van der Waals surface area (Å²) in [5.41, 5.74) is -0.0742. The normalized spacial score (nSPS) is 22.6. The standard InChI is InChI=1S/C15H23NO3/c1-15(17,11-5-4-8-16-10-11)13-7-6-12(18-2)9-14(13)19-3/h6-7,9,11,16-17H,4-5,8,10H2,1-3H3. The molecule has 0 aromatic heterocycles. The van der Waals surface area contributed by atoms with E-state index in [2.05, 4.69) is 5.32 Å². The minimum absolute atomic E-state index is 0.198. The van der Waals surface area contributed by atoms with Crippen molar-refractivity contribution in [2.45, 2.75) is 25.4 Å². The molecule has 19 heavy (non-hydrogen) atoms. The Morgan fingerprint density at radius 1 is 1.32 bits per heavy atom. The third-order valence-electron chi connectivity index (χ3n) is 4.05. The van der Waals surface area contributed by atoms with Crippen molar-refractivity contribution in [2.75, 3.05) is 27.3 Å². The molecule has 0 bridgehead atoms. The molecule has 2 atom stereocenters. The Labute approximate surface area is 114 Å². The second-order valence-electron chi connectivity index (χ2n) is 5.26. The lowest BCUT2D eigenvalue weighted by atomic mass is 9.78. The van der Waals surface area contributed by atoms with Crippen molar-refractivity contribution >= 4 is 0 Å². The molecule has 1 aliphatic rings. The molecule has 1 aliphatic heterocycles. The van der Waals surface area contributed by atoms with E-state index in [4.69, 9.17) is 9.47 Å². The summed E-state index contributed by atoms with van der Waals surface area (Å²) >= 11 is 0. The Balaban J connectivity index is 2.32. The number of benzene rings is 1. The summed E-state index contributed by atoms with van der Waals surface area (Å²) in [5, 5.41) is 14.3. The molecule has 1 aromatic rings. The Morgan fingerprint density at radius 3 is 2.68 bits per heavy atom. The fourth-order valence-corrected chi connectivity index (χ4v) is 2.77. The third kappa shape index (κ3) is 2.85. The number of hydrogen-bond donors (Lipinski definition) is 2. The molecule has 2 N–H and O–H groups in total. The highest BCUT2D eigenvalue weighted by Gasteiger charge is 2.36. The molecule has 1 aromatic carbocycles. The van der Waals surface area contributed by atoms with Gasteiger partial charge in [0.25, 0.3) is 0 Å². The average Bonchev–Trinajstić information content (AvgIpc) is 2.47. The lowest BCUT2D eigenvalue weighted by molar-refractivity contribution is -0.0174. The Morgan fingerprint density at radius 2 is 2.11 bits per heavy atom. The van der Waals surface area contributed by atoms with Crippen molar-refractivity contribution in [1.82, 2.24) is 5.32 Å². The van der Waals surface area contributed by atoms with Crippen LogP contribution in [0.1, 0.15) is 25.3 Å². The van der Waals surface area contributed by atoms with Gasteiger partial charge in [-0.15, -0.1) is 0 Å². The van der Waals surface area contributed by atoms with E-state index >= 15 is 0 Å². The van der Waals surface area contributed by atoms with Gasteiger partial charge < -0.3 is 19.9 Å². The van der Waals surface area contributed by atoms with Crippen molar-refractivity contribution in [3.05, 3.63) is 23.8 Å². The first-order valence-corrected chi connectivity index (χ1v) is 6.75. The van der Waals surface area contributed by atoms with E-state index in [1.54, 1.807) is 14.2 Å². The number of rotatable bonds is 4. The summed E-state index contributed by atoms with van der Waals surface area (Å²) < 4.78 is 10.6. The second kappa shape index (κ2) is 5.80. The SMILES string of the molecule is COc1ccc(C(C)(O)C2CCCNC2)c(OC)c1. The van der Waals surface area contributed by atoms with Crippen molar-refractivity contribution in [3.63, 3.8) is 0 Å². The van der Waals surface area contributed by atoms with Crippen molar-refractivity contribution in [1.29, 1.82) is 0 Å². The molecule has 2 rings (SSSR count). The molecule has 1 fully saturated rings. The van der Waals surface area contributed by atoms with Gasteiger partial charge in [-0.05, 0) is 38.4 Å². The van der Waals surface area contributed by atoms with Crippen LogP contribution in [0.15, 0.2) is 18.2 Å². The highest BCUT2D eigenvalue weighted by Crippen LogP contribution is 2.39. The van der Waals surface area contributed by atoms with E-state index < -0.39 is 5.60 Å². The molecular formula is C15H23NO3. The van der Waals surface area contributed by atoms with Gasteiger partial charge >= 0.3 is 0 Å². The van der Waals surface area contributed by atoms with Gasteiger partial charge in [0, 0.05) is 24.1 Å². The first kappa shape index (κ1) is 14.2. The van der Waals surface area contributed by atoms with Gasteiger partial charge in [0.1, 0.15) is 11.5 Å². The van der Waals surface area contributed by atoms with Crippen LogP contribution >= 0.6 is 0 Å².